The fourth-order valence-electron chi connectivity index (χ4n) is 4.00. The molecule has 2 N–H and O–H groups in total. The third-order valence-corrected chi connectivity index (χ3v) is 5.21. The summed E-state index contributed by atoms with van der Waals surface area (Å²) in [6.07, 6.45) is 4.87. The fourth-order valence-corrected chi connectivity index (χ4v) is 4.00. The molecule has 1 aromatic carbocycles. The minimum Gasteiger partial charge on any atom is -0.478 e. The summed E-state index contributed by atoms with van der Waals surface area (Å²) in [6, 6.07) is 4.01. The van der Waals surface area contributed by atoms with Gasteiger partial charge >= 0.3 is 12.1 Å². The average molecular weight is 381 g/mol. The quantitative estimate of drug-likeness (QED) is 0.808. The number of aryl methyl sites for hydroxylation is 2. The van der Waals surface area contributed by atoms with Crippen LogP contribution in [0.15, 0.2) is 12.4 Å². The van der Waals surface area contributed by atoms with Crippen LogP contribution in [0.3, 0.4) is 0 Å². The number of fused-ring (bicyclic) bond motifs is 2. The lowest BCUT2D eigenvalue weighted by atomic mass is 9.99. The highest BCUT2D eigenvalue weighted by molar-refractivity contribution is 5.90. The van der Waals surface area contributed by atoms with Crippen molar-refractivity contribution in [1.29, 1.82) is 5.26 Å². The summed E-state index contributed by atoms with van der Waals surface area (Å²) >= 11 is 0. The first-order valence-electron chi connectivity index (χ1n) is 9.21. The number of benzene rings is 1. The van der Waals surface area contributed by atoms with E-state index in [1.165, 1.54) is 22.1 Å². The van der Waals surface area contributed by atoms with Crippen LogP contribution >= 0.6 is 0 Å². The van der Waals surface area contributed by atoms with E-state index in [0.29, 0.717) is 0 Å². The zero-order chi connectivity index (χ0) is 19.7. The predicted molar refractivity (Wildman–Crippen MR) is 96.8 cm³/mol. The van der Waals surface area contributed by atoms with Crippen LogP contribution in [0.5, 0.6) is 0 Å². The highest BCUT2D eigenvalue weighted by Crippen LogP contribution is 2.38. The molecule has 1 atom stereocenters. The molecule has 4 rings (SSSR count). The maximum Gasteiger partial charge on any atom is 0.412 e. The van der Waals surface area contributed by atoms with E-state index in [4.69, 9.17) is 10.00 Å². The summed E-state index contributed by atoms with van der Waals surface area (Å²) in [5.41, 5.74) is 5.60. The van der Waals surface area contributed by atoms with Gasteiger partial charge in [0.15, 0.2) is 0 Å². The van der Waals surface area contributed by atoms with Crippen molar-refractivity contribution in [2.45, 2.75) is 51.2 Å². The number of carboxylic acid groups (broad SMARTS) is 1. The number of rotatable bonds is 5. The van der Waals surface area contributed by atoms with Crippen LogP contribution in [0.25, 0.3) is 0 Å². The Morgan fingerprint density at radius 1 is 1.25 bits per heavy atom. The SMILES string of the molecule is N#Cc1ncn(C[C@@H](OC(=O)Nc2c3c(cc4c2CCC4)CCC3)C(=O)O)n1. The van der Waals surface area contributed by atoms with Gasteiger partial charge in [0.2, 0.25) is 6.10 Å². The summed E-state index contributed by atoms with van der Waals surface area (Å²) in [7, 11) is 0. The van der Waals surface area contributed by atoms with Gasteiger partial charge in [-0.3, -0.25) is 5.32 Å². The van der Waals surface area contributed by atoms with Crippen molar-refractivity contribution in [3.8, 4) is 6.07 Å². The lowest BCUT2D eigenvalue weighted by Crippen LogP contribution is -2.33. The standard InChI is InChI=1S/C19H19N5O4/c20-8-16-21-10-24(23-16)9-15(18(25)26)28-19(27)22-17-13-5-1-3-11(13)7-12-4-2-6-14(12)17/h7,10,15H,1-6,9H2,(H,22,27)(H,25,26)/t15-/m1/s1. The van der Waals surface area contributed by atoms with Gasteiger partial charge in [-0.25, -0.2) is 19.3 Å². The maximum atomic E-state index is 12.5. The molecule has 1 heterocycles. The lowest BCUT2D eigenvalue weighted by Gasteiger charge is -2.18. The minimum atomic E-state index is -1.45. The highest BCUT2D eigenvalue weighted by Gasteiger charge is 2.28. The Morgan fingerprint density at radius 2 is 1.93 bits per heavy atom. The molecule has 0 saturated heterocycles. The molecule has 144 valence electrons. The topological polar surface area (TPSA) is 130 Å². The van der Waals surface area contributed by atoms with E-state index in [9.17, 15) is 14.7 Å². The van der Waals surface area contributed by atoms with E-state index in [1.807, 2.05) is 0 Å². The number of carboxylic acids is 1. The third-order valence-electron chi connectivity index (χ3n) is 5.21. The van der Waals surface area contributed by atoms with E-state index >= 15 is 0 Å². The van der Waals surface area contributed by atoms with Crippen molar-refractivity contribution in [3.05, 3.63) is 40.5 Å². The van der Waals surface area contributed by atoms with Crippen LogP contribution in [0, 0.1) is 11.3 Å². The number of carbonyl (C=O) groups is 2. The molecular weight excluding hydrogens is 362 g/mol. The number of nitrogens with zero attached hydrogens (tertiary/aromatic N) is 4. The molecule has 2 aliphatic rings. The number of aliphatic carboxylic acids is 1. The van der Waals surface area contributed by atoms with Crippen molar-refractivity contribution in [1.82, 2.24) is 14.8 Å². The largest absolute Gasteiger partial charge is 0.478 e. The molecule has 28 heavy (non-hydrogen) atoms. The first-order chi connectivity index (χ1) is 13.5. The van der Waals surface area contributed by atoms with Gasteiger partial charge < -0.3 is 9.84 Å². The van der Waals surface area contributed by atoms with Crippen molar-refractivity contribution in [3.63, 3.8) is 0 Å². The number of nitrogens with one attached hydrogen (secondary N) is 1. The first-order valence-corrected chi connectivity index (χ1v) is 9.21. The van der Waals surface area contributed by atoms with Crippen LogP contribution in [0.1, 0.15) is 40.9 Å². The molecule has 0 bridgehead atoms. The molecule has 1 aromatic heterocycles. The van der Waals surface area contributed by atoms with Crippen molar-refractivity contribution in [2.24, 2.45) is 0 Å². The molecule has 0 aliphatic heterocycles. The summed E-state index contributed by atoms with van der Waals surface area (Å²) in [6.45, 7) is -0.234. The smallest absolute Gasteiger partial charge is 0.412 e. The second-order valence-corrected chi connectivity index (χ2v) is 6.99. The number of amides is 1. The van der Waals surface area contributed by atoms with Gasteiger partial charge in [0.1, 0.15) is 12.4 Å². The number of hydrogen-bond donors (Lipinski definition) is 2. The first kappa shape index (κ1) is 18.0. The molecule has 2 aromatic rings. The van der Waals surface area contributed by atoms with Crippen molar-refractivity contribution < 1.29 is 19.4 Å². The molecule has 0 spiro atoms. The number of carbonyl (C=O) groups excluding carboxylic acids is 1. The number of nitriles is 1. The van der Waals surface area contributed by atoms with Gasteiger partial charge in [0.05, 0.1) is 12.2 Å². The van der Waals surface area contributed by atoms with E-state index in [0.717, 1.165) is 55.3 Å². The lowest BCUT2D eigenvalue weighted by molar-refractivity contribution is -0.147. The van der Waals surface area contributed by atoms with E-state index < -0.39 is 18.2 Å². The van der Waals surface area contributed by atoms with Crippen LogP contribution in [-0.2, 0) is 41.8 Å². The Balaban J connectivity index is 1.50. The molecule has 1 amide bonds. The minimum absolute atomic E-state index is 0.0796. The fraction of sp³-hybridized carbons (Fsp3) is 0.421. The Morgan fingerprint density at radius 3 is 2.50 bits per heavy atom. The van der Waals surface area contributed by atoms with Gasteiger partial charge in [-0.15, -0.1) is 5.10 Å². The summed E-state index contributed by atoms with van der Waals surface area (Å²) < 4.78 is 6.33. The molecule has 0 fully saturated rings. The Hall–Kier alpha value is -3.41. The Labute approximate surface area is 160 Å². The van der Waals surface area contributed by atoms with E-state index in [1.54, 1.807) is 6.07 Å². The normalized spacial score (nSPS) is 15.4. The molecular formula is C19H19N5O4. The molecule has 2 aliphatic carbocycles. The summed E-state index contributed by atoms with van der Waals surface area (Å²) in [5.74, 6) is -1.38. The third kappa shape index (κ3) is 3.41. The van der Waals surface area contributed by atoms with Gasteiger partial charge in [0, 0.05) is 0 Å². The average Bonchev–Trinajstić information content (AvgIpc) is 3.40. The van der Waals surface area contributed by atoms with Crippen LogP contribution < -0.4 is 5.32 Å². The van der Waals surface area contributed by atoms with Crippen molar-refractivity contribution >= 4 is 17.7 Å². The number of anilines is 1. The van der Waals surface area contributed by atoms with Gasteiger partial charge in [-0.1, -0.05) is 6.07 Å². The molecule has 9 nitrogen and oxygen atoms in total. The van der Waals surface area contributed by atoms with E-state index in [2.05, 4.69) is 21.5 Å². The summed E-state index contributed by atoms with van der Waals surface area (Å²) in [5, 5.41) is 24.8. The number of ether oxygens (including phenoxy) is 1. The second-order valence-electron chi connectivity index (χ2n) is 6.99. The van der Waals surface area contributed by atoms with Crippen LogP contribution in [0.4, 0.5) is 10.5 Å². The second kappa shape index (κ2) is 7.31. The highest BCUT2D eigenvalue weighted by atomic mass is 16.6. The van der Waals surface area contributed by atoms with E-state index in [-0.39, 0.29) is 12.4 Å². The predicted octanol–water partition coefficient (Wildman–Crippen LogP) is 1.83. The number of hydrogen-bond acceptors (Lipinski definition) is 6. The zero-order valence-electron chi connectivity index (χ0n) is 15.1. The molecule has 0 unspecified atom stereocenters. The zero-order valence-corrected chi connectivity index (χ0v) is 15.1. The molecule has 0 radical (unpaired) electrons. The van der Waals surface area contributed by atoms with Gasteiger partial charge in [-0.2, -0.15) is 5.26 Å². The molecule has 9 heteroatoms. The van der Waals surface area contributed by atoms with Gasteiger partial charge in [-0.05, 0) is 60.8 Å². The maximum absolute atomic E-state index is 12.5. The number of aromatic nitrogens is 3. The summed E-state index contributed by atoms with van der Waals surface area (Å²) in [4.78, 5) is 27.7. The Kier molecular flexibility index (Phi) is 4.69. The monoisotopic (exact) mass is 381 g/mol. The Bertz CT molecular complexity index is 959. The van der Waals surface area contributed by atoms with Gasteiger partial charge in [0.25, 0.3) is 5.82 Å². The van der Waals surface area contributed by atoms with Crippen molar-refractivity contribution in [2.75, 3.05) is 5.32 Å². The van der Waals surface area contributed by atoms with Crippen LogP contribution in [-0.4, -0.2) is 38.0 Å². The van der Waals surface area contributed by atoms with Crippen LogP contribution in [0.2, 0.25) is 0 Å². The molecule has 0 saturated carbocycles.